The summed E-state index contributed by atoms with van der Waals surface area (Å²) in [6.07, 6.45) is 1.48. The highest BCUT2D eigenvalue weighted by atomic mass is 32.2. The first kappa shape index (κ1) is 17.8. The average Bonchev–Trinajstić information content (AvgIpc) is 2.42. The van der Waals surface area contributed by atoms with Gasteiger partial charge in [0.05, 0.1) is 6.54 Å². The third kappa shape index (κ3) is 5.21. The molecule has 2 atom stereocenters. The number of benzene rings is 1. The number of halogens is 1. The molecule has 0 aliphatic heterocycles. The van der Waals surface area contributed by atoms with E-state index in [-0.39, 0.29) is 18.3 Å². The molecule has 2 unspecified atom stereocenters. The number of rotatable bonds is 5. The third-order valence-corrected chi connectivity index (χ3v) is 5.44. The van der Waals surface area contributed by atoms with Crippen LogP contribution in [0.4, 0.5) is 4.39 Å². The van der Waals surface area contributed by atoms with Gasteiger partial charge in [-0.15, -0.1) is 0 Å². The van der Waals surface area contributed by atoms with Crippen LogP contribution in [0.3, 0.4) is 0 Å². The van der Waals surface area contributed by atoms with E-state index in [1.807, 2.05) is 0 Å². The minimum atomic E-state index is -3.99. The second kappa shape index (κ2) is 7.66. The average molecular weight is 332 g/mol. The van der Waals surface area contributed by atoms with Crippen molar-refractivity contribution >= 4 is 20.8 Å². The van der Waals surface area contributed by atoms with Gasteiger partial charge < -0.3 is 5.73 Å². The van der Waals surface area contributed by atoms with E-state index in [9.17, 15) is 17.0 Å². The van der Waals surface area contributed by atoms with Crippen molar-refractivity contribution in [2.75, 3.05) is 19.3 Å². The third-order valence-electron chi connectivity index (χ3n) is 2.68. The Hall–Kier alpha value is -1.27. The maximum Gasteiger partial charge on any atom is 0.243 e. The van der Waals surface area contributed by atoms with E-state index in [2.05, 4.69) is 16.6 Å². The molecule has 0 radical (unpaired) electrons. The van der Waals surface area contributed by atoms with Gasteiger partial charge in [-0.25, -0.2) is 17.5 Å². The Bertz CT molecular complexity index is 693. The van der Waals surface area contributed by atoms with E-state index in [0.29, 0.717) is 5.56 Å². The zero-order valence-electron chi connectivity index (χ0n) is 11.7. The van der Waals surface area contributed by atoms with Crippen LogP contribution in [0, 0.1) is 17.7 Å². The summed E-state index contributed by atoms with van der Waals surface area (Å²) in [6.45, 7) is 1.75. The van der Waals surface area contributed by atoms with Gasteiger partial charge in [0.15, 0.2) is 0 Å². The van der Waals surface area contributed by atoms with Gasteiger partial charge in [0.25, 0.3) is 0 Å². The van der Waals surface area contributed by atoms with Crippen molar-refractivity contribution in [1.82, 2.24) is 4.72 Å². The van der Waals surface area contributed by atoms with E-state index in [4.69, 9.17) is 5.73 Å². The van der Waals surface area contributed by atoms with Crippen LogP contribution in [0.2, 0.25) is 0 Å². The molecular weight excluding hydrogens is 315 g/mol. The van der Waals surface area contributed by atoms with Gasteiger partial charge in [0.1, 0.15) is 10.7 Å². The molecule has 8 heteroatoms. The summed E-state index contributed by atoms with van der Waals surface area (Å²) in [4.78, 5) is -0.463. The molecule has 116 valence electrons. The maximum absolute atomic E-state index is 13.9. The first-order valence-electron chi connectivity index (χ1n) is 6.08. The first-order chi connectivity index (χ1) is 9.77. The second-order valence-corrected chi connectivity index (χ2v) is 7.85. The summed E-state index contributed by atoms with van der Waals surface area (Å²) in [7, 11) is -5.15. The number of hydrogen-bond donors (Lipinski definition) is 2. The van der Waals surface area contributed by atoms with E-state index >= 15 is 0 Å². The molecule has 0 aromatic heterocycles. The molecule has 3 N–H and O–H groups in total. The number of nitrogens with one attached hydrogen (secondary N) is 1. The van der Waals surface area contributed by atoms with Crippen LogP contribution in [0.1, 0.15) is 12.5 Å². The van der Waals surface area contributed by atoms with E-state index in [0.717, 1.165) is 12.1 Å². The molecule has 5 nitrogen and oxygen atoms in total. The van der Waals surface area contributed by atoms with Crippen molar-refractivity contribution in [2.24, 2.45) is 5.73 Å². The molecule has 0 fully saturated rings. The zero-order chi connectivity index (χ0) is 16.0. The second-order valence-electron chi connectivity index (χ2n) is 4.31. The SMILES string of the molecule is CC(CNS(=O)(=O)c1ccc(C#CCN)cc1F)S(C)=O. The summed E-state index contributed by atoms with van der Waals surface area (Å²) in [6, 6.07) is 3.59. The predicted molar refractivity (Wildman–Crippen MR) is 81.0 cm³/mol. The molecule has 21 heavy (non-hydrogen) atoms. The summed E-state index contributed by atoms with van der Waals surface area (Å²) in [5.74, 6) is 4.28. The monoisotopic (exact) mass is 332 g/mol. The molecule has 1 aromatic carbocycles. The maximum atomic E-state index is 13.9. The van der Waals surface area contributed by atoms with Gasteiger partial charge >= 0.3 is 0 Å². The molecule has 0 aliphatic rings. The minimum absolute atomic E-state index is 0.0282. The van der Waals surface area contributed by atoms with Crippen molar-refractivity contribution in [2.45, 2.75) is 17.1 Å². The molecule has 0 spiro atoms. The minimum Gasteiger partial charge on any atom is -0.320 e. The quantitative estimate of drug-likeness (QED) is 0.753. The Balaban J connectivity index is 2.96. The largest absolute Gasteiger partial charge is 0.320 e. The van der Waals surface area contributed by atoms with Crippen molar-refractivity contribution < 1.29 is 17.0 Å². The molecule has 0 aliphatic carbocycles. The molecule has 0 amide bonds. The van der Waals surface area contributed by atoms with Gasteiger partial charge in [0.2, 0.25) is 10.0 Å². The number of sulfonamides is 1. The van der Waals surface area contributed by atoms with Crippen LogP contribution >= 0.6 is 0 Å². The lowest BCUT2D eigenvalue weighted by Gasteiger charge is -2.11. The summed E-state index contributed by atoms with van der Waals surface area (Å²) < 4.78 is 51.3. The Labute approximate surface area is 126 Å². The number of nitrogens with two attached hydrogens (primary N) is 1. The molecule has 0 saturated heterocycles. The number of hydrogen-bond acceptors (Lipinski definition) is 4. The van der Waals surface area contributed by atoms with Crippen molar-refractivity contribution in [3.63, 3.8) is 0 Å². The smallest absolute Gasteiger partial charge is 0.243 e. The Kier molecular flexibility index (Phi) is 6.48. The Morgan fingerprint density at radius 3 is 2.67 bits per heavy atom. The van der Waals surface area contributed by atoms with Crippen LogP contribution in [0.25, 0.3) is 0 Å². The van der Waals surface area contributed by atoms with E-state index in [1.165, 1.54) is 12.3 Å². The van der Waals surface area contributed by atoms with Crippen molar-refractivity contribution in [3.8, 4) is 11.8 Å². The lowest BCUT2D eigenvalue weighted by molar-refractivity contribution is 0.556. The van der Waals surface area contributed by atoms with Crippen LogP contribution < -0.4 is 10.5 Å². The molecule has 0 heterocycles. The summed E-state index contributed by atoms with van der Waals surface area (Å²) in [5, 5.41) is -0.363. The standard InChI is InChI=1S/C13H17FN2O3S2/c1-10(20(2)17)9-16-21(18,19)13-6-5-11(4-3-7-15)8-12(13)14/h5-6,8,10,16H,7,9,15H2,1-2H3. The van der Waals surface area contributed by atoms with Gasteiger partial charge in [-0.2, -0.15) is 0 Å². The van der Waals surface area contributed by atoms with Crippen molar-refractivity contribution in [1.29, 1.82) is 0 Å². The van der Waals surface area contributed by atoms with Gasteiger partial charge in [-0.1, -0.05) is 11.8 Å². The van der Waals surface area contributed by atoms with Crippen LogP contribution in [0.5, 0.6) is 0 Å². The van der Waals surface area contributed by atoms with Gasteiger partial charge in [-0.05, 0) is 25.1 Å². The van der Waals surface area contributed by atoms with Crippen LogP contribution in [0.15, 0.2) is 23.1 Å². The summed E-state index contributed by atoms with van der Waals surface area (Å²) in [5.41, 5.74) is 5.55. The molecule has 1 aromatic rings. The van der Waals surface area contributed by atoms with E-state index < -0.39 is 31.5 Å². The van der Waals surface area contributed by atoms with Gasteiger partial charge in [0, 0.05) is 34.4 Å². The fourth-order valence-electron chi connectivity index (χ4n) is 1.37. The van der Waals surface area contributed by atoms with Crippen molar-refractivity contribution in [3.05, 3.63) is 29.6 Å². The highest BCUT2D eigenvalue weighted by Crippen LogP contribution is 2.15. The lowest BCUT2D eigenvalue weighted by Crippen LogP contribution is -2.33. The summed E-state index contributed by atoms with van der Waals surface area (Å²) >= 11 is 0. The van der Waals surface area contributed by atoms with E-state index in [1.54, 1.807) is 6.92 Å². The molecule has 0 bridgehead atoms. The normalized spacial score (nSPS) is 14.1. The fraction of sp³-hybridized carbons (Fsp3) is 0.385. The highest BCUT2D eigenvalue weighted by molar-refractivity contribution is 7.89. The van der Waals surface area contributed by atoms with Crippen LogP contribution in [-0.2, 0) is 20.8 Å². The lowest BCUT2D eigenvalue weighted by atomic mass is 10.2. The van der Waals surface area contributed by atoms with Gasteiger partial charge in [-0.3, -0.25) is 4.21 Å². The highest BCUT2D eigenvalue weighted by Gasteiger charge is 2.20. The first-order valence-corrected chi connectivity index (χ1v) is 9.18. The zero-order valence-corrected chi connectivity index (χ0v) is 13.4. The molecule has 1 rings (SSSR count). The molecular formula is C13H17FN2O3S2. The predicted octanol–water partition coefficient (Wildman–Crippen LogP) is 0.181. The Morgan fingerprint density at radius 1 is 1.48 bits per heavy atom. The fourth-order valence-corrected chi connectivity index (χ4v) is 2.98. The topological polar surface area (TPSA) is 89.3 Å². The molecule has 0 saturated carbocycles. The Morgan fingerprint density at radius 2 is 2.14 bits per heavy atom. The van der Waals surface area contributed by atoms with Crippen LogP contribution in [-0.4, -0.2) is 37.2 Å².